The van der Waals surface area contributed by atoms with Crippen LogP contribution in [0.15, 0.2) is 30.3 Å². The van der Waals surface area contributed by atoms with Crippen LogP contribution in [0.25, 0.3) is 0 Å². The van der Waals surface area contributed by atoms with Gasteiger partial charge in [-0.1, -0.05) is 30.3 Å². The molecule has 0 spiro atoms. The van der Waals surface area contributed by atoms with Crippen LogP contribution in [0.1, 0.15) is 18.4 Å². The van der Waals surface area contributed by atoms with Crippen molar-refractivity contribution in [3.05, 3.63) is 35.9 Å². The Kier molecular flexibility index (Phi) is 3.92. The Balaban J connectivity index is 1.56. The summed E-state index contributed by atoms with van der Waals surface area (Å²) in [5.74, 6) is -0.00843. The first-order valence-corrected chi connectivity index (χ1v) is 7.55. The predicted octanol–water partition coefficient (Wildman–Crippen LogP) is 0.266. The smallest absolute Gasteiger partial charge is 0.242 e. The van der Waals surface area contributed by atoms with Gasteiger partial charge in [-0.25, -0.2) is 0 Å². The van der Waals surface area contributed by atoms with Crippen molar-refractivity contribution in [1.29, 1.82) is 0 Å². The van der Waals surface area contributed by atoms with E-state index in [9.17, 15) is 9.59 Å². The molecule has 0 radical (unpaired) electrons. The second kappa shape index (κ2) is 5.85. The highest BCUT2D eigenvalue weighted by atomic mass is 16.2. The van der Waals surface area contributed by atoms with Crippen LogP contribution in [0.2, 0.25) is 0 Å². The number of nitrogens with zero attached hydrogens (tertiary/aromatic N) is 1. The van der Waals surface area contributed by atoms with E-state index in [2.05, 4.69) is 10.6 Å². The first kappa shape index (κ1) is 14.1. The Morgan fingerprint density at radius 2 is 1.81 bits per heavy atom. The van der Waals surface area contributed by atoms with E-state index in [1.807, 2.05) is 30.3 Å². The van der Waals surface area contributed by atoms with E-state index in [0.717, 1.165) is 44.6 Å². The topological polar surface area (TPSA) is 61.4 Å². The zero-order valence-electron chi connectivity index (χ0n) is 12.1. The first-order chi connectivity index (χ1) is 10.2. The minimum absolute atomic E-state index is 0.00807. The third-order valence-corrected chi connectivity index (χ3v) is 4.38. The molecule has 5 heteroatoms. The standard InChI is InChI=1S/C16H21N3O2/c20-14(19-10-8-17-9-11-19)12-18-15(21)16(6-7-16)13-4-2-1-3-5-13/h1-5,17H,6-12H2,(H,18,21). The summed E-state index contributed by atoms with van der Waals surface area (Å²) in [7, 11) is 0. The van der Waals surface area contributed by atoms with Crippen LogP contribution in [-0.2, 0) is 15.0 Å². The van der Waals surface area contributed by atoms with E-state index in [1.165, 1.54) is 0 Å². The summed E-state index contributed by atoms with van der Waals surface area (Å²) >= 11 is 0. The van der Waals surface area contributed by atoms with Gasteiger partial charge in [0, 0.05) is 26.2 Å². The van der Waals surface area contributed by atoms with Crippen LogP contribution in [0.3, 0.4) is 0 Å². The molecule has 2 aliphatic rings. The molecular weight excluding hydrogens is 266 g/mol. The molecule has 0 unspecified atom stereocenters. The Morgan fingerprint density at radius 3 is 2.43 bits per heavy atom. The lowest BCUT2D eigenvalue weighted by molar-refractivity contribution is -0.133. The molecule has 1 aliphatic carbocycles. The molecule has 1 saturated carbocycles. The molecular formula is C16H21N3O2. The third-order valence-electron chi connectivity index (χ3n) is 4.38. The van der Waals surface area contributed by atoms with Crippen molar-refractivity contribution in [2.75, 3.05) is 32.7 Å². The lowest BCUT2D eigenvalue weighted by Gasteiger charge is -2.27. The van der Waals surface area contributed by atoms with Crippen molar-refractivity contribution in [2.24, 2.45) is 0 Å². The summed E-state index contributed by atoms with van der Waals surface area (Å²) in [5.41, 5.74) is 0.655. The first-order valence-electron chi connectivity index (χ1n) is 7.55. The second-order valence-corrected chi connectivity index (χ2v) is 5.76. The van der Waals surface area contributed by atoms with Crippen LogP contribution in [0.5, 0.6) is 0 Å². The largest absolute Gasteiger partial charge is 0.346 e. The van der Waals surface area contributed by atoms with E-state index < -0.39 is 5.41 Å². The Morgan fingerprint density at radius 1 is 1.14 bits per heavy atom. The summed E-state index contributed by atoms with van der Waals surface area (Å²) in [6.07, 6.45) is 1.73. The van der Waals surface area contributed by atoms with Crippen molar-refractivity contribution in [3.63, 3.8) is 0 Å². The molecule has 112 valence electrons. The van der Waals surface area contributed by atoms with Gasteiger partial charge in [0.1, 0.15) is 0 Å². The predicted molar refractivity (Wildman–Crippen MR) is 79.8 cm³/mol. The van der Waals surface area contributed by atoms with E-state index >= 15 is 0 Å². The van der Waals surface area contributed by atoms with Crippen molar-refractivity contribution in [1.82, 2.24) is 15.5 Å². The minimum atomic E-state index is -0.398. The van der Waals surface area contributed by atoms with Gasteiger partial charge in [-0.15, -0.1) is 0 Å². The van der Waals surface area contributed by atoms with E-state index in [-0.39, 0.29) is 18.4 Å². The number of nitrogens with one attached hydrogen (secondary N) is 2. The number of amides is 2. The maximum absolute atomic E-state index is 12.4. The fourth-order valence-corrected chi connectivity index (χ4v) is 2.88. The molecule has 2 N–H and O–H groups in total. The SMILES string of the molecule is O=C(CNC(=O)C1(c2ccccc2)CC1)N1CCNCC1. The molecule has 21 heavy (non-hydrogen) atoms. The number of hydrogen-bond donors (Lipinski definition) is 2. The zero-order chi connectivity index (χ0) is 14.7. The summed E-state index contributed by atoms with van der Waals surface area (Å²) in [6, 6.07) is 9.84. The molecule has 0 atom stereocenters. The van der Waals surface area contributed by atoms with Crippen LogP contribution in [0, 0.1) is 0 Å². The molecule has 1 aromatic rings. The summed E-state index contributed by atoms with van der Waals surface area (Å²) in [5, 5.41) is 6.04. The van der Waals surface area contributed by atoms with Crippen molar-refractivity contribution in [3.8, 4) is 0 Å². The van der Waals surface area contributed by atoms with Gasteiger partial charge in [-0.05, 0) is 18.4 Å². The lowest BCUT2D eigenvalue weighted by atomic mass is 9.95. The average molecular weight is 287 g/mol. The van der Waals surface area contributed by atoms with E-state index in [4.69, 9.17) is 0 Å². The maximum atomic E-state index is 12.4. The van der Waals surface area contributed by atoms with Gasteiger partial charge in [0.05, 0.1) is 12.0 Å². The molecule has 1 heterocycles. The molecule has 1 aliphatic heterocycles. The third kappa shape index (κ3) is 2.93. The zero-order valence-corrected chi connectivity index (χ0v) is 12.1. The Labute approximate surface area is 124 Å². The van der Waals surface area contributed by atoms with Crippen molar-refractivity contribution >= 4 is 11.8 Å². The van der Waals surface area contributed by atoms with Gasteiger partial charge >= 0.3 is 0 Å². The average Bonchev–Trinajstić information content (AvgIpc) is 3.36. The summed E-state index contributed by atoms with van der Waals surface area (Å²) in [6.45, 7) is 3.20. The highest BCUT2D eigenvalue weighted by Gasteiger charge is 2.51. The van der Waals surface area contributed by atoms with Gasteiger partial charge in [-0.2, -0.15) is 0 Å². The number of hydrogen-bond acceptors (Lipinski definition) is 3. The number of carbonyl (C=O) groups excluding carboxylic acids is 2. The lowest BCUT2D eigenvalue weighted by Crippen LogP contribution is -2.50. The molecule has 0 aromatic heterocycles. The molecule has 3 rings (SSSR count). The summed E-state index contributed by atoms with van der Waals surface area (Å²) < 4.78 is 0. The second-order valence-electron chi connectivity index (χ2n) is 5.76. The number of benzene rings is 1. The van der Waals surface area contributed by atoms with Crippen LogP contribution < -0.4 is 10.6 Å². The number of rotatable bonds is 4. The van der Waals surface area contributed by atoms with E-state index in [0.29, 0.717) is 0 Å². The molecule has 1 aromatic carbocycles. The monoisotopic (exact) mass is 287 g/mol. The minimum Gasteiger partial charge on any atom is -0.346 e. The van der Waals surface area contributed by atoms with Crippen molar-refractivity contribution < 1.29 is 9.59 Å². The molecule has 2 fully saturated rings. The van der Waals surface area contributed by atoms with Crippen LogP contribution >= 0.6 is 0 Å². The number of carbonyl (C=O) groups is 2. The normalized spacial score (nSPS) is 19.9. The van der Waals surface area contributed by atoms with Gasteiger partial charge in [-0.3, -0.25) is 9.59 Å². The highest BCUT2D eigenvalue weighted by molar-refractivity contribution is 5.93. The maximum Gasteiger partial charge on any atom is 0.242 e. The van der Waals surface area contributed by atoms with Crippen molar-refractivity contribution in [2.45, 2.75) is 18.3 Å². The van der Waals surface area contributed by atoms with Gasteiger partial charge in [0.2, 0.25) is 11.8 Å². The highest BCUT2D eigenvalue weighted by Crippen LogP contribution is 2.48. The molecule has 1 saturated heterocycles. The van der Waals surface area contributed by atoms with Crippen LogP contribution in [-0.4, -0.2) is 49.4 Å². The van der Waals surface area contributed by atoms with Gasteiger partial charge in [0.15, 0.2) is 0 Å². The molecule has 5 nitrogen and oxygen atoms in total. The van der Waals surface area contributed by atoms with Gasteiger partial charge in [0.25, 0.3) is 0 Å². The Bertz CT molecular complexity index is 520. The summed E-state index contributed by atoms with van der Waals surface area (Å²) in [4.78, 5) is 26.3. The van der Waals surface area contributed by atoms with Crippen LogP contribution in [0.4, 0.5) is 0 Å². The molecule has 2 amide bonds. The van der Waals surface area contributed by atoms with Gasteiger partial charge < -0.3 is 15.5 Å². The fraction of sp³-hybridized carbons (Fsp3) is 0.500. The molecule has 0 bridgehead atoms. The van der Waals surface area contributed by atoms with E-state index in [1.54, 1.807) is 4.90 Å². The Hall–Kier alpha value is -1.88. The quantitative estimate of drug-likeness (QED) is 0.835. The number of piperazine rings is 1. The fourth-order valence-electron chi connectivity index (χ4n) is 2.88.